The molecule has 0 radical (unpaired) electrons. The summed E-state index contributed by atoms with van der Waals surface area (Å²) in [5, 5.41) is 21.4. The summed E-state index contributed by atoms with van der Waals surface area (Å²) in [5.74, 6) is 1.16. The molecule has 4 aromatic rings. The van der Waals surface area contributed by atoms with E-state index >= 15 is 0 Å². The number of aromatic nitrogens is 5. The number of aryl methyl sites for hydroxylation is 1. The van der Waals surface area contributed by atoms with Gasteiger partial charge < -0.3 is 0 Å². The van der Waals surface area contributed by atoms with Crippen LogP contribution >= 0.6 is 11.3 Å². The molecule has 3 aromatic heterocycles. The molecule has 0 amide bonds. The number of nitrogens with zero attached hydrogens (tertiary/aromatic N) is 7. The van der Waals surface area contributed by atoms with E-state index in [9.17, 15) is 0 Å². The lowest BCUT2D eigenvalue weighted by Crippen LogP contribution is -2.12. The van der Waals surface area contributed by atoms with Crippen molar-refractivity contribution >= 4 is 33.4 Å². The first kappa shape index (κ1) is 15.4. The number of hydrazone groups is 1. The van der Waals surface area contributed by atoms with Crippen molar-refractivity contribution in [1.29, 1.82) is 0 Å². The Kier molecular flexibility index (Phi) is 3.46. The molecule has 1 aliphatic rings. The summed E-state index contributed by atoms with van der Waals surface area (Å²) in [7, 11) is 1.99. The molecule has 1 aliphatic heterocycles. The molecule has 26 heavy (non-hydrogen) atoms. The Labute approximate surface area is 154 Å². The Morgan fingerprint density at radius 2 is 2.15 bits per heavy atom. The molecule has 130 valence electrons. The van der Waals surface area contributed by atoms with Crippen molar-refractivity contribution in [2.75, 3.05) is 13.6 Å². The summed E-state index contributed by atoms with van der Waals surface area (Å²) in [5.41, 5.74) is 3.37. The fourth-order valence-corrected chi connectivity index (χ4v) is 4.02. The normalized spacial score (nSPS) is 17.0. The molecule has 8 heteroatoms. The summed E-state index contributed by atoms with van der Waals surface area (Å²) >= 11 is 1.55. The van der Waals surface area contributed by atoms with Gasteiger partial charge in [-0.15, -0.1) is 10.2 Å². The molecular weight excluding hydrogens is 346 g/mol. The van der Waals surface area contributed by atoms with Gasteiger partial charge in [0, 0.05) is 43.7 Å². The molecule has 1 unspecified atom stereocenters. The maximum atomic E-state index is 4.62. The van der Waals surface area contributed by atoms with E-state index < -0.39 is 0 Å². The second-order valence-electron chi connectivity index (χ2n) is 6.62. The van der Waals surface area contributed by atoms with Crippen molar-refractivity contribution in [2.45, 2.75) is 19.3 Å². The topological polar surface area (TPSA) is 71.6 Å². The van der Waals surface area contributed by atoms with E-state index in [1.54, 1.807) is 11.3 Å². The van der Waals surface area contributed by atoms with Crippen LogP contribution in [0.25, 0.3) is 15.9 Å². The van der Waals surface area contributed by atoms with Gasteiger partial charge in [0.15, 0.2) is 5.82 Å². The molecule has 1 aromatic carbocycles. The SMILES string of the molecule is Cc1nn2c(Cc3ccc4ncc(C5C=NN(C)C5)cc4c3)nnc2s1. The van der Waals surface area contributed by atoms with Gasteiger partial charge >= 0.3 is 0 Å². The highest BCUT2D eigenvalue weighted by Gasteiger charge is 2.17. The van der Waals surface area contributed by atoms with Gasteiger partial charge in [0.1, 0.15) is 5.01 Å². The van der Waals surface area contributed by atoms with Crippen molar-refractivity contribution < 1.29 is 0 Å². The van der Waals surface area contributed by atoms with Gasteiger partial charge in [-0.25, -0.2) is 0 Å². The highest BCUT2D eigenvalue weighted by Crippen LogP contribution is 2.24. The monoisotopic (exact) mass is 363 g/mol. The lowest BCUT2D eigenvalue weighted by atomic mass is 10.00. The molecule has 5 rings (SSSR count). The number of hydrogen-bond acceptors (Lipinski definition) is 7. The zero-order chi connectivity index (χ0) is 17.7. The summed E-state index contributed by atoms with van der Waals surface area (Å²) in [6, 6.07) is 8.56. The van der Waals surface area contributed by atoms with Crippen molar-refractivity contribution in [3.05, 3.63) is 52.4 Å². The minimum Gasteiger partial charge on any atom is -0.299 e. The Hall–Kier alpha value is -2.87. The standard InChI is InChI=1S/C18H17N7S/c1-11-23-25-17(21-22-18(25)26-11)6-12-3-4-16-13(5-12)7-14(8-19-16)15-9-20-24(2)10-15/h3-5,7-9,15H,6,10H2,1-2H3. The first-order valence-corrected chi connectivity index (χ1v) is 9.29. The molecule has 0 spiro atoms. The van der Waals surface area contributed by atoms with Crippen LogP contribution in [0.3, 0.4) is 0 Å². The lowest BCUT2D eigenvalue weighted by molar-refractivity contribution is 0.381. The van der Waals surface area contributed by atoms with Crippen LogP contribution in [-0.4, -0.2) is 49.6 Å². The Morgan fingerprint density at radius 1 is 1.23 bits per heavy atom. The third-order valence-corrected chi connectivity index (χ3v) is 5.43. The van der Waals surface area contributed by atoms with E-state index in [4.69, 9.17) is 0 Å². The Morgan fingerprint density at radius 3 is 3.00 bits per heavy atom. The van der Waals surface area contributed by atoms with E-state index in [-0.39, 0.29) is 0 Å². The smallest absolute Gasteiger partial charge is 0.234 e. The zero-order valence-corrected chi connectivity index (χ0v) is 15.3. The van der Waals surface area contributed by atoms with Crippen LogP contribution in [0.15, 0.2) is 35.6 Å². The quantitative estimate of drug-likeness (QED) is 0.560. The number of rotatable bonds is 3. The van der Waals surface area contributed by atoms with Crippen LogP contribution in [0.4, 0.5) is 0 Å². The van der Waals surface area contributed by atoms with Gasteiger partial charge in [-0.1, -0.05) is 17.4 Å². The maximum absolute atomic E-state index is 4.62. The number of pyridine rings is 1. The molecule has 0 fully saturated rings. The van der Waals surface area contributed by atoms with Crippen LogP contribution in [0, 0.1) is 6.92 Å². The van der Waals surface area contributed by atoms with Crippen molar-refractivity contribution in [3.63, 3.8) is 0 Å². The van der Waals surface area contributed by atoms with Crippen LogP contribution < -0.4 is 0 Å². The third kappa shape index (κ3) is 2.62. The minimum atomic E-state index is 0.301. The average Bonchev–Trinajstić information content (AvgIpc) is 3.32. The zero-order valence-electron chi connectivity index (χ0n) is 14.5. The van der Waals surface area contributed by atoms with E-state index in [0.717, 1.165) is 33.2 Å². The first-order chi connectivity index (χ1) is 12.7. The van der Waals surface area contributed by atoms with Gasteiger partial charge in [0.05, 0.1) is 5.52 Å². The molecule has 0 saturated heterocycles. The predicted octanol–water partition coefficient (Wildman–Crippen LogP) is 2.65. The molecule has 0 bridgehead atoms. The summed E-state index contributed by atoms with van der Waals surface area (Å²) in [4.78, 5) is 5.46. The highest BCUT2D eigenvalue weighted by molar-refractivity contribution is 7.16. The first-order valence-electron chi connectivity index (χ1n) is 8.47. The van der Waals surface area contributed by atoms with Crippen molar-refractivity contribution in [2.24, 2.45) is 5.10 Å². The maximum Gasteiger partial charge on any atom is 0.234 e. The number of likely N-dealkylation sites (N-methyl/N-ethyl adjacent to an activating group) is 1. The second-order valence-corrected chi connectivity index (χ2v) is 7.78. The molecule has 4 heterocycles. The van der Waals surface area contributed by atoms with Crippen LogP contribution in [-0.2, 0) is 6.42 Å². The van der Waals surface area contributed by atoms with Gasteiger partial charge in [-0.05, 0) is 36.2 Å². The minimum absolute atomic E-state index is 0.301. The summed E-state index contributed by atoms with van der Waals surface area (Å²) in [6.07, 6.45) is 4.64. The molecule has 0 aliphatic carbocycles. The fourth-order valence-electron chi connectivity index (χ4n) is 3.32. The highest BCUT2D eigenvalue weighted by atomic mass is 32.1. The van der Waals surface area contributed by atoms with Crippen molar-refractivity contribution in [3.8, 4) is 0 Å². The van der Waals surface area contributed by atoms with Crippen LogP contribution in [0.2, 0.25) is 0 Å². The van der Waals surface area contributed by atoms with Gasteiger partial charge in [-0.3, -0.25) is 9.99 Å². The fraction of sp³-hybridized carbons (Fsp3) is 0.278. The average molecular weight is 363 g/mol. The van der Waals surface area contributed by atoms with Gasteiger partial charge in [-0.2, -0.15) is 14.7 Å². The summed E-state index contributed by atoms with van der Waals surface area (Å²) < 4.78 is 1.84. The second kappa shape index (κ2) is 5.84. The lowest BCUT2D eigenvalue weighted by Gasteiger charge is -2.11. The molecule has 7 nitrogen and oxygen atoms in total. The Bertz CT molecular complexity index is 1140. The van der Waals surface area contributed by atoms with Crippen LogP contribution in [0.5, 0.6) is 0 Å². The Balaban J connectivity index is 1.49. The van der Waals surface area contributed by atoms with E-state index in [1.165, 1.54) is 11.1 Å². The van der Waals surface area contributed by atoms with E-state index in [2.05, 4.69) is 49.6 Å². The molecule has 1 atom stereocenters. The largest absolute Gasteiger partial charge is 0.299 e. The number of benzene rings is 1. The van der Waals surface area contributed by atoms with Gasteiger partial charge in [0.25, 0.3) is 0 Å². The van der Waals surface area contributed by atoms with Gasteiger partial charge in [0.2, 0.25) is 4.96 Å². The van der Waals surface area contributed by atoms with Crippen LogP contribution in [0.1, 0.15) is 27.9 Å². The molecule has 0 N–H and O–H groups in total. The molecule has 0 saturated carbocycles. The molecular formula is C18H17N7S. The predicted molar refractivity (Wildman–Crippen MR) is 102 cm³/mol. The third-order valence-electron chi connectivity index (χ3n) is 4.62. The summed E-state index contributed by atoms with van der Waals surface area (Å²) in [6.45, 7) is 2.88. The number of fused-ring (bicyclic) bond motifs is 2. The van der Waals surface area contributed by atoms with E-state index in [1.807, 2.05) is 35.9 Å². The number of hydrogen-bond donors (Lipinski definition) is 0. The van der Waals surface area contributed by atoms with E-state index in [0.29, 0.717) is 12.3 Å². The van der Waals surface area contributed by atoms with Crippen molar-refractivity contribution in [1.82, 2.24) is 29.8 Å².